The van der Waals surface area contributed by atoms with E-state index in [1.807, 2.05) is 0 Å². The first-order valence-electron chi connectivity index (χ1n) is 10.7. The summed E-state index contributed by atoms with van der Waals surface area (Å²) in [5, 5.41) is 0. The van der Waals surface area contributed by atoms with Crippen LogP contribution in [0, 0.1) is 0 Å². The van der Waals surface area contributed by atoms with Crippen molar-refractivity contribution in [1.82, 2.24) is 0 Å². The Bertz CT molecular complexity index is 1020. The second kappa shape index (κ2) is 12.0. The molecule has 0 aromatic carbocycles. The lowest BCUT2D eigenvalue weighted by Crippen LogP contribution is -2.30. The Balaban J connectivity index is 2.09. The lowest BCUT2D eigenvalue weighted by atomic mass is 9.89. The van der Waals surface area contributed by atoms with Crippen LogP contribution in [-0.2, 0) is 47.7 Å². The van der Waals surface area contributed by atoms with Gasteiger partial charge in [-0.2, -0.15) is 0 Å². The summed E-state index contributed by atoms with van der Waals surface area (Å²) in [7, 11) is 5.07. The summed E-state index contributed by atoms with van der Waals surface area (Å²) in [5.41, 5.74) is -0.157. The van der Waals surface area contributed by atoms with Gasteiger partial charge < -0.3 is 23.7 Å². The number of ether oxygens (including phenoxy) is 5. The molecule has 2 aliphatic rings. The average molecular weight is 476 g/mol. The fraction of sp³-hybridized carbons (Fsp3) is 0.458. The van der Waals surface area contributed by atoms with Crippen molar-refractivity contribution in [3.05, 3.63) is 45.8 Å². The van der Waals surface area contributed by atoms with Crippen molar-refractivity contribution >= 4 is 29.1 Å². The highest BCUT2D eigenvalue weighted by atomic mass is 16.5. The van der Waals surface area contributed by atoms with Crippen LogP contribution in [0.3, 0.4) is 0 Å². The van der Waals surface area contributed by atoms with Crippen LogP contribution in [0.2, 0.25) is 0 Å². The van der Waals surface area contributed by atoms with Crippen molar-refractivity contribution in [3.8, 4) is 0 Å². The van der Waals surface area contributed by atoms with E-state index in [-0.39, 0.29) is 53.6 Å². The maximum atomic E-state index is 12.9. The molecule has 0 bridgehead atoms. The molecule has 0 aromatic heterocycles. The van der Waals surface area contributed by atoms with Crippen LogP contribution in [0.1, 0.15) is 39.0 Å². The van der Waals surface area contributed by atoms with Crippen LogP contribution in [-0.4, -0.2) is 64.1 Å². The Kier molecular flexibility index (Phi) is 9.35. The van der Waals surface area contributed by atoms with Crippen molar-refractivity contribution in [1.29, 1.82) is 0 Å². The van der Waals surface area contributed by atoms with E-state index < -0.39 is 34.7 Å². The van der Waals surface area contributed by atoms with E-state index in [0.717, 1.165) is 6.08 Å². The lowest BCUT2D eigenvalue weighted by Gasteiger charge is -2.21. The first-order chi connectivity index (χ1) is 16.3. The van der Waals surface area contributed by atoms with Crippen molar-refractivity contribution in [2.24, 2.45) is 0 Å². The Morgan fingerprint density at radius 1 is 0.706 bits per heavy atom. The third-order valence-corrected chi connectivity index (χ3v) is 5.34. The number of ketones is 4. The molecule has 0 spiro atoms. The van der Waals surface area contributed by atoms with Gasteiger partial charge in [0, 0.05) is 17.2 Å². The third-order valence-electron chi connectivity index (χ3n) is 5.34. The summed E-state index contributed by atoms with van der Waals surface area (Å²) >= 11 is 0. The number of carbonyl (C=O) groups is 5. The Morgan fingerprint density at radius 2 is 1.26 bits per heavy atom. The standard InChI is InChI=1S/C24H28O10/c1-6-34-24(29)17-20(28)22(32-4)14(19(27)23(17)33-5)11-9-7-8-10-13-18(26)16(30-2)12-15(25)21(13)31-3/h12H,6-11H2,1-5H3. The lowest BCUT2D eigenvalue weighted by molar-refractivity contribution is -0.141. The van der Waals surface area contributed by atoms with Crippen molar-refractivity contribution in [2.45, 2.75) is 39.0 Å². The second-order valence-electron chi connectivity index (χ2n) is 7.28. The number of hydrogen-bond acceptors (Lipinski definition) is 10. The molecule has 184 valence electrons. The molecular weight excluding hydrogens is 448 g/mol. The van der Waals surface area contributed by atoms with Crippen molar-refractivity contribution in [2.75, 3.05) is 35.0 Å². The predicted molar refractivity (Wildman–Crippen MR) is 117 cm³/mol. The quantitative estimate of drug-likeness (QED) is 0.178. The van der Waals surface area contributed by atoms with Crippen LogP contribution >= 0.6 is 0 Å². The zero-order chi connectivity index (χ0) is 25.4. The number of unbranched alkanes of at least 4 members (excludes halogenated alkanes) is 2. The molecule has 10 nitrogen and oxygen atoms in total. The Morgan fingerprint density at radius 3 is 1.76 bits per heavy atom. The maximum absolute atomic E-state index is 12.9. The SMILES string of the molecule is CCOC(=O)C1=C(OC)C(=O)C(CCCCCC2=C(OC)C(=O)C=C(OC)C2=O)=C(OC)C1=O. The van der Waals surface area contributed by atoms with Crippen LogP contribution in [0.15, 0.2) is 45.8 Å². The topological polar surface area (TPSA) is 132 Å². The normalized spacial score (nSPS) is 16.7. The van der Waals surface area contributed by atoms with E-state index >= 15 is 0 Å². The number of Topliss-reactive ketones (excluding diaryl/α,β-unsaturated/α-hetero) is 3. The minimum atomic E-state index is -0.954. The van der Waals surface area contributed by atoms with Gasteiger partial charge in [0.2, 0.25) is 23.1 Å². The van der Waals surface area contributed by atoms with Crippen LogP contribution in [0.25, 0.3) is 0 Å². The van der Waals surface area contributed by atoms with Crippen LogP contribution < -0.4 is 0 Å². The number of hydrogen-bond donors (Lipinski definition) is 0. The van der Waals surface area contributed by atoms with Crippen LogP contribution in [0.4, 0.5) is 0 Å². The molecule has 2 rings (SSSR count). The van der Waals surface area contributed by atoms with Gasteiger partial charge in [-0.05, 0) is 32.6 Å². The number of rotatable bonds is 12. The van der Waals surface area contributed by atoms with Crippen LogP contribution in [0.5, 0.6) is 0 Å². The molecule has 0 heterocycles. The molecule has 0 saturated heterocycles. The summed E-state index contributed by atoms with van der Waals surface area (Å²) in [6, 6.07) is 0. The van der Waals surface area contributed by atoms with E-state index in [0.29, 0.717) is 19.3 Å². The summed E-state index contributed by atoms with van der Waals surface area (Å²) in [4.78, 5) is 62.6. The minimum Gasteiger partial charge on any atom is -0.493 e. The van der Waals surface area contributed by atoms with Crippen molar-refractivity contribution < 1.29 is 47.7 Å². The monoisotopic (exact) mass is 476 g/mol. The molecule has 10 heteroatoms. The summed E-state index contributed by atoms with van der Waals surface area (Å²) in [6.45, 7) is 1.60. The molecule has 0 atom stereocenters. The number of methoxy groups -OCH3 is 4. The predicted octanol–water partition coefficient (Wildman–Crippen LogP) is 2.04. The Hall–Kier alpha value is -3.69. The van der Waals surface area contributed by atoms with E-state index in [4.69, 9.17) is 23.7 Å². The van der Waals surface area contributed by atoms with Gasteiger partial charge in [-0.3, -0.25) is 19.2 Å². The van der Waals surface area contributed by atoms with E-state index in [2.05, 4.69) is 0 Å². The molecule has 34 heavy (non-hydrogen) atoms. The fourth-order valence-corrected chi connectivity index (χ4v) is 3.77. The molecule has 0 saturated carbocycles. The largest absolute Gasteiger partial charge is 0.493 e. The third kappa shape index (κ3) is 5.27. The number of carbonyl (C=O) groups excluding carboxylic acids is 5. The van der Waals surface area contributed by atoms with E-state index in [1.165, 1.54) is 28.4 Å². The average Bonchev–Trinajstić information content (AvgIpc) is 2.82. The number of allylic oxidation sites excluding steroid dienone is 4. The summed E-state index contributed by atoms with van der Waals surface area (Å²) < 4.78 is 25.2. The highest BCUT2D eigenvalue weighted by Crippen LogP contribution is 2.30. The second-order valence-corrected chi connectivity index (χ2v) is 7.28. The first kappa shape index (κ1) is 26.6. The molecule has 0 unspecified atom stereocenters. The van der Waals surface area contributed by atoms with Gasteiger partial charge in [0.15, 0.2) is 28.6 Å². The molecular formula is C24H28O10. The van der Waals surface area contributed by atoms with E-state index in [9.17, 15) is 24.0 Å². The van der Waals surface area contributed by atoms with Gasteiger partial charge in [-0.25, -0.2) is 4.79 Å². The molecule has 0 fully saturated rings. The highest BCUT2D eigenvalue weighted by Gasteiger charge is 2.40. The molecule has 2 aliphatic carbocycles. The summed E-state index contributed by atoms with van der Waals surface area (Å²) in [6.07, 6.45) is 3.10. The number of esters is 1. The maximum Gasteiger partial charge on any atom is 0.346 e. The summed E-state index contributed by atoms with van der Waals surface area (Å²) in [5.74, 6) is -3.83. The van der Waals surface area contributed by atoms with Gasteiger partial charge in [0.25, 0.3) is 0 Å². The molecule has 0 N–H and O–H groups in total. The first-order valence-corrected chi connectivity index (χ1v) is 10.7. The van der Waals surface area contributed by atoms with Crippen molar-refractivity contribution in [3.63, 3.8) is 0 Å². The van der Waals surface area contributed by atoms with Gasteiger partial charge in [-0.1, -0.05) is 6.42 Å². The fourth-order valence-electron chi connectivity index (χ4n) is 3.77. The Labute approximate surface area is 197 Å². The minimum absolute atomic E-state index is 0.00963. The molecule has 0 amide bonds. The van der Waals surface area contributed by atoms with Gasteiger partial charge in [-0.15, -0.1) is 0 Å². The zero-order valence-electron chi connectivity index (χ0n) is 19.9. The van der Waals surface area contributed by atoms with Gasteiger partial charge in [0.05, 0.1) is 35.0 Å². The highest BCUT2D eigenvalue weighted by molar-refractivity contribution is 6.33. The van der Waals surface area contributed by atoms with Gasteiger partial charge in [0.1, 0.15) is 0 Å². The zero-order valence-corrected chi connectivity index (χ0v) is 19.9. The smallest absolute Gasteiger partial charge is 0.346 e. The van der Waals surface area contributed by atoms with E-state index in [1.54, 1.807) is 6.92 Å². The van der Waals surface area contributed by atoms with Gasteiger partial charge >= 0.3 is 5.97 Å². The molecule has 0 radical (unpaired) electrons. The molecule has 0 aromatic rings. The molecule has 0 aliphatic heterocycles.